The summed E-state index contributed by atoms with van der Waals surface area (Å²) >= 11 is 5.88. The highest BCUT2D eigenvalue weighted by Crippen LogP contribution is 2.18. The molecule has 0 atom stereocenters. The number of fused-ring (bicyclic) bond motifs is 1. The van der Waals surface area contributed by atoms with E-state index in [4.69, 9.17) is 17.3 Å². The first-order chi connectivity index (χ1) is 10.1. The summed E-state index contributed by atoms with van der Waals surface area (Å²) in [5.41, 5.74) is 8.59. The summed E-state index contributed by atoms with van der Waals surface area (Å²) < 4.78 is 0. The molecule has 0 aliphatic heterocycles. The first kappa shape index (κ1) is 15.1. The standard InChI is InChI=1S/C15H15ClN4O/c1-10(21)4-5-18-8-12(7-17)11-6-14-13(19-9-11)2-3-15(16)20-14/h2-3,6-9H,4-5,17H2,1H3. The average Bonchev–Trinajstić information content (AvgIpc) is 2.46. The molecule has 21 heavy (non-hydrogen) atoms. The molecule has 2 aromatic heterocycles. The van der Waals surface area contributed by atoms with Crippen LogP contribution in [-0.2, 0) is 4.79 Å². The molecule has 0 aliphatic carbocycles. The third kappa shape index (κ3) is 4.10. The maximum Gasteiger partial charge on any atom is 0.131 e. The summed E-state index contributed by atoms with van der Waals surface area (Å²) in [6.45, 7) is 1.98. The van der Waals surface area contributed by atoms with Gasteiger partial charge in [0.2, 0.25) is 0 Å². The second-order valence-corrected chi connectivity index (χ2v) is 4.89. The summed E-state index contributed by atoms with van der Waals surface area (Å²) in [6.07, 6.45) is 5.20. The lowest BCUT2D eigenvalue weighted by Crippen LogP contribution is -1.96. The number of nitrogens with zero attached hydrogens (tertiary/aromatic N) is 3. The number of carbonyl (C=O) groups is 1. The van der Waals surface area contributed by atoms with Gasteiger partial charge in [-0.1, -0.05) is 11.6 Å². The fraction of sp³-hybridized carbons (Fsp3) is 0.200. The SMILES string of the molecule is CC(=O)CCN=CC(=CN)c1cnc2ccc(Cl)nc2c1. The van der Waals surface area contributed by atoms with E-state index in [2.05, 4.69) is 15.0 Å². The van der Waals surface area contributed by atoms with Crippen molar-refractivity contribution in [2.45, 2.75) is 13.3 Å². The molecule has 0 aromatic carbocycles. The molecule has 2 heterocycles. The molecule has 0 saturated heterocycles. The van der Waals surface area contributed by atoms with E-state index in [9.17, 15) is 4.79 Å². The van der Waals surface area contributed by atoms with E-state index in [-0.39, 0.29) is 5.78 Å². The van der Waals surface area contributed by atoms with Crippen molar-refractivity contribution in [1.82, 2.24) is 9.97 Å². The number of aliphatic imine (C=N–C) groups is 1. The second-order valence-electron chi connectivity index (χ2n) is 4.51. The Morgan fingerprint density at radius 3 is 2.95 bits per heavy atom. The van der Waals surface area contributed by atoms with Crippen LogP contribution in [0.25, 0.3) is 16.6 Å². The van der Waals surface area contributed by atoms with E-state index in [0.29, 0.717) is 23.6 Å². The first-order valence-electron chi connectivity index (χ1n) is 6.44. The molecule has 2 rings (SSSR count). The third-order valence-electron chi connectivity index (χ3n) is 2.84. The highest BCUT2D eigenvalue weighted by atomic mass is 35.5. The predicted octanol–water partition coefficient (Wildman–Crippen LogP) is 2.63. The van der Waals surface area contributed by atoms with E-state index in [1.54, 1.807) is 24.5 Å². The quantitative estimate of drug-likeness (QED) is 0.680. The van der Waals surface area contributed by atoms with Crippen molar-refractivity contribution in [2.24, 2.45) is 10.7 Å². The number of nitrogens with two attached hydrogens (primary N) is 1. The van der Waals surface area contributed by atoms with Crippen LogP contribution >= 0.6 is 11.6 Å². The highest BCUT2D eigenvalue weighted by Gasteiger charge is 2.03. The van der Waals surface area contributed by atoms with E-state index >= 15 is 0 Å². The summed E-state index contributed by atoms with van der Waals surface area (Å²) in [7, 11) is 0. The summed E-state index contributed by atoms with van der Waals surface area (Å²) in [4.78, 5) is 23.6. The molecule has 0 fully saturated rings. The van der Waals surface area contributed by atoms with Crippen LogP contribution in [-0.4, -0.2) is 28.5 Å². The number of carbonyl (C=O) groups excluding carboxylic acids is 1. The number of aromatic nitrogens is 2. The molecule has 6 heteroatoms. The molecule has 2 aromatic rings. The van der Waals surface area contributed by atoms with Gasteiger partial charge in [-0.15, -0.1) is 0 Å². The lowest BCUT2D eigenvalue weighted by molar-refractivity contribution is -0.116. The zero-order chi connectivity index (χ0) is 15.2. The number of rotatable bonds is 5. The Labute approximate surface area is 127 Å². The van der Waals surface area contributed by atoms with Gasteiger partial charge in [0.05, 0.1) is 11.0 Å². The van der Waals surface area contributed by atoms with Crippen LogP contribution in [0.3, 0.4) is 0 Å². The minimum absolute atomic E-state index is 0.108. The van der Waals surface area contributed by atoms with Gasteiger partial charge in [-0.25, -0.2) is 4.98 Å². The lowest BCUT2D eigenvalue weighted by Gasteiger charge is -2.03. The molecule has 5 nitrogen and oxygen atoms in total. The molecule has 0 unspecified atom stereocenters. The molecular formula is C15H15ClN4O. The number of hydrogen-bond donors (Lipinski definition) is 1. The fourth-order valence-corrected chi connectivity index (χ4v) is 1.89. The van der Waals surface area contributed by atoms with Crippen LogP contribution < -0.4 is 5.73 Å². The van der Waals surface area contributed by atoms with Gasteiger partial charge in [0.15, 0.2) is 0 Å². The maximum atomic E-state index is 10.9. The van der Waals surface area contributed by atoms with Gasteiger partial charge in [-0.3, -0.25) is 14.8 Å². The van der Waals surface area contributed by atoms with Crippen molar-refractivity contribution in [2.75, 3.05) is 6.54 Å². The van der Waals surface area contributed by atoms with Crippen molar-refractivity contribution >= 4 is 40.2 Å². The number of pyridine rings is 2. The molecule has 0 amide bonds. The van der Waals surface area contributed by atoms with Crippen LogP contribution in [0.5, 0.6) is 0 Å². The maximum absolute atomic E-state index is 10.9. The number of ketones is 1. The molecule has 2 N–H and O–H groups in total. The Bertz CT molecular complexity index is 725. The van der Waals surface area contributed by atoms with Crippen LogP contribution in [0.1, 0.15) is 18.9 Å². The van der Waals surface area contributed by atoms with E-state index in [1.165, 1.54) is 13.1 Å². The lowest BCUT2D eigenvalue weighted by atomic mass is 10.1. The van der Waals surface area contributed by atoms with Gasteiger partial charge < -0.3 is 5.73 Å². The van der Waals surface area contributed by atoms with E-state index < -0.39 is 0 Å². The molecular weight excluding hydrogens is 288 g/mol. The van der Waals surface area contributed by atoms with E-state index in [0.717, 1.165) is 16.7 Å². The monoisotopic (exact) mass is 302 g/mol. The Morgan fingerprint density at radius 2 is 2.24 bits per heavy atom. The van der Waals surface area contributed by atoms with Gasteiger partial charge in [-0.05, 0) is 25.1 Å². The van der Waals surface area contributed by atoms with Crippen LogP contribution in [0.15, 0.2) is 35.6 Å². The van der Waals surface area contributed by atoms with Crippen molar-refractivity contribution in [3.05, 3.63) is 41.3 Å². The van der Waals surface area contributed by atoms with Gasteiger partial charge >= 0.3 is 0 Å². The van der Waals surface area contributed by atoms with E-state index in [1.807, 2.05) is 6.07 Å². The summed E-state index contributed by atoms with van der Waals surface area (Å²) in [5.74, 6) is 0.108. The summed E-state index contributed by atoms with van der Waals surface area (Å²) in [6, 6.07) is 5.35. The summed E-state index contributed by atoms with van der Waals surface area (Å²) in [5, 5.41) is 0.412. The minimum atomic E-state index is 0.108. The third-order valence-corrected chi connectivity index (χ3v) is 3.05. The highest BCUT2D eigenvalue weighted by molar-refractivity contribution is 6.29. The molecule has 0 aliphatic rings. The number of allylic oxidation sites excluding steroid dienone is 1. The average molecular weight is 303 g/mol. The zero-order valence-corrected chi connectivity index (χ0v) is 12.3. The van der Waals surface area contributed by atoms with Gasteiger partial charge in [0.1, 0.15) is 10.9 Å². The fourth-order valence-electron chi connectivity index (χ4n) is 1.74. The normalized spacial score (nSPS) is 12.2. The van der Waals surface area contributed by atoms with Crippen molar-refractivity contribution in [3.63, 3.8) is 0 Å². The van der Waals surface area contributed by atoms with Crippen molar-refractivity contribution in [1.29, 1.82) is 0 Å². The Morgan fingerprint density at radius 1 is 1.43 bits per heavy atom. The van der Waals surface area contributed by atoms with Gasteiger partial charge in [-0.2, -0.15) is 0 Å². The van der Waals surface area contributed by atoms with Crippen LogP contribution in [0.2, 0.25) is 5.15 Å². The van der Waals surface area contributed by atoms with Crippen LogP contribution in [0, 0.1) is 0 Å². The topological polar surface area (TPSA) is 81.2 Å². The minimum Gasteiger partial charge on any atom is -0.404 e. The predicted molar refractivity (Wildman–Crippen MR) is 85.4 cm³/mol. The zero-order valence-electron chi connectivity index (χ0n) is 11.6. The van der Waals surface area contributed by atoms with Crippen molar-refractivity contribution < 1.29 is 4.79 Å². The molecule has 0 saturated carbocycles. The first-order valence-corrected chi connectivity index (χ1v) is 6.82. The number of hydrogen-bond acceptors (Lipinski definition) is 5. The largest absolute Gasteiger partial charge is 0.404 e. The Hall–Kier alpha value is -2.27. The van der Waals surface area contributed by atoms with Crippen LogP contribution in [0.4, 0.5) is 0 Å². The van der Waals surface area contributed by atoms with Gasteiger partial charge in [0.25, 0.3) is 0 Å². The number of halogens is 1. The van der Waals surface area contributed by atoms with Gasteiger partial charge in [0, 0.05) is 42.7 Å². The molecule has 0 spiro atoms. The second kappa shape index (κ2) is 6.95. The smallest absolute Gasteiger partial charge is 0.131 e. The molecule has 0 bridgehead atoms. The molecule has 108 valence electrons. The number of Topliss-reactive ketones (excluding diaryl/α,β-unsaturated/α-hetero) is 1. The Balaban J connectivity index is 2.24. The van der Waals surface area contributed by atoms with Crippen molar-refractivity contribution in [3.8, 4) is 0 Å². The Kier molecular flexibility index (Phi) is 5.00. The molecule has 0 radical (unpaired) electrons.